The monoisotopic (exact) mass is 509 g/mol. The van der Waals surface area contributed by atoms with E-state index in [4.69, 9.17) is 0 Å². The zero-order valence-corrected chi connectivity index (χ0v) is 18.2. The molecule has 0 bridgehead atoms. The number of phenolic OH excluding ortho intramolecular Hbond substituents is 1. The van der Waals surface area contributed by atoms with Crippen LogP contribution in [0, 0.1) is 0 Å². The summed E-state index contributed by atoms with van der Waals surface area (Å²) >= 11 is 8.23. The van der Waals surface area contributed by atoms with E-state index in [9.17, 15) is 9.90 Å². The molecule has 9 heteroatoms. The van der Waals surface area contributed by atoms with Gasteiger partial charge in [-0.25, -0.2) is 0 Å². The van der Waals surface area contributed by atoms with Crippen LogP contribution >= 0.6 is 43.6 Å². The van der Waals surface area contributed by atoms with E-state index in [1.807, 2.05) is 43.3 Å². The van der Waals surface area contributed by atoms with Gasteiger partial charge in [0.25, 0.3) is 6.17 Å². The molecule has 27 heavy (non-hydrogen) atoms. The number of H-pyrrole nitrogens is 1. The van der Waals surface area contributed by atoms with Crippen molar-refractivity contribution in [2.75, 3.05) is 11.1 Å². The average Bonchev–Trinajstić information content (AvgIpc) is 2.65. The molecule has 3 aromatic rings. The molecule has 1 aliphatic rings. The molecule has 0 unspecified atom stereocenters. The molecular formula is C18H15Br2N4O2S+. The number of thioether (sulfide) groups is 1. The molecular weight excluding hydrogens is 496 g/mol. The third-order valence-corrected chi connectivity index (χ3v) is 6.17. The van der Waals surface area contributed by atoms with Crippen LogP contribution in [0.1, 0.15) is 18.7 Å². The predicted molar refractivity (Wildman–Crippen MR) is 112 cm³/mol. The number of benzene rings is 2. The fourth-order valence-electron chi connectivity index (χ4n) is 3.06. The number of aromatic amines is 1. The van der Waals surface area contributed by atoms with E-state index in [1.165, 1.54) is 11.8 Å². The third-order valence-electron chi connectivity index (χ3n) is 4.22. The number of aromatic nitrogens is 3. The first-order valence-electron chi connectivity index (χ1n) is 8.22. The molecule has 0 saturated heterocycles. The molecule has 0 aliphatic carbocycles. The van der Waals surface area contributed by atoms with Crippen LogP contribution in [0.15, 0.2) is 55.3 Å². The Kier molecular flexibility index (Phi) is 5.00. The Balaban J connectivity index is 1.97. The van der Waals surface area contributed by atoms with Crippen molar-refractivity contribution in [2.24, 2.45) is 0 Å². The number of anilines is 1. The lowest BCUT2D eigenvalue weighted by molar-refractivity contribution is -0.759. The maximum Gasteiger partial charge on any atom is 0.325 e. The molecule has 1 aromatic heterocycles. The van der Waals surface area contributed by atoms with Crippen molar-refractivity contribution >= 4 is 49.3 Å². The zero-order valence-electron chi connectivity index (χ0n) is 14.2. The molecule has 2 heterocycles. The molecule has 1 atom stereocenters. The van der Waals surface area contributed by atoms with Gasteiger partial charge in [0.1, 0.15) is 5.75 Å². The van der Waals surface area contributed by atoms with E-state index in [0.29, 0.717) is 19.8 Å². The molecule has 0 amide bonds. The lowest BCUT2D eigenvalue weighted by Gasteiger charge is -2.22. The predicted octanol–water partition coefficient (Wildman–Crippen LogP) is 4.04. The van der Waals surface area contributed by atoms with Crippen molar-refractivity contribution in [1.29, 1.82) is 0 Å². The molecule has 2 aromatic carbocycles. The van der Waals surface area contributed by atoms with E-state index in [2.05, 4.69) is 47.3 Å². The standard InChI is InChI=1S/C18H14Br2N4O2S/c1-2-27-18-22-17(26)14-10-5-3-4-6-13(10)21-16(24(14)23-18)9-7-11(19)15(25)12(20)8-9/h3-8,16H,2H2,1H3,(H2,22,23,25,26)/p+1/t16-/m1/s1. The first-order valence-corrected chi connectivity index (χ1v) is 10.8. The lowest BCUT2D eigenvalue weighted by Crippen LogP contribution is -2.55. The SMILES string of the molecule is CCSc1n[n+]2c(c(=O)[nH]1)-c1ccccc1N[C@H]2c1cc(Br)c(O)c(Br)c1. The Morgan fingerprint density at radius 3 is 2.67 bits per heavy atom. The molecule has 0 saturated carbocycles. The first kappa shape index (κ1) is 18.5. The minimum Gasteiger partial charge on any atom is -0.506 e. The van der Waals surface area contributed by atoms with Gasteiger partial charge in [0.2, 0.25) is 5.16 Å². The van der Waals surface area contributed by atoms with Crippen LogP contribution in [0.2, 0.25) is 0 Å². The van der Waals surface area contributed by atoms with Crippen LogP contribution < -0.4 is 15.6 Å². The third kappa shape index (κ3) is 3.28. The quantitative estimate of drug-likeness (QED) is 0.366. The zero-order chi connectivity index (χ0) is 19.1. The van der Waals surface area contributed by atoms with Crippen molar-refractivity contribution in [3.8, 4) is 17.0 Å². The van der Waals surface area contributed by atoms with Gasteiger partial charge in [-0.1, -0.05) is 30.8 Å². The second-order valence-corrected chi connectivity index (χ2v) is 8.87. The maximum absolute atomic E-state index is 12.9. The van der Waals surface area contributed by atoms with Gasteiger partial charge in [-0.05, 0) is 66.6 Å². The van der Waals surface area contributed by atoms with Crippen LogP contribution in [0.3, 0.4) is 0 Å². The summed E-state index contributed by atoms with van der Waals surface area (Å²) in [5.74, 6) is 0.925. The summed E-state index contributed by atoms with van der Waals surface area (Å²) in [5, 5.41) is 18.7. The second-order valence-electron chi connectivity index (χ2n) is 5.91. The van der Waals surface area contributed by atoms with Gasteiger partial charge in [0.05, 0.1) is 20.2 Å². The molecule has 0 fully saturated rings. The number of halogens is 2. The van der Waals surface area contributed by atoms with Crippen LogP contribution in [0.4, 0.5) is 5.69 Å². The van der Waals surface area contributed by atoms with Crippen LogP contribution in [-0.4, -0.2) is 20.9 Å². The Morgan fingerprint density at radius 1 is 1.26 bits per heavy atom. The van der Waals surface area contributed by atoms with E-state index in [0.717, 1.165) is 22.6 Å². The summed E-state index contributed by atoms with van der Waals surface area (Å²) in [6, 6.07) is 11.3. The minimum absolute atomic E-state index is 0.126. The summed E-state index contributed by atoms with van der Waals surface area (Å²) in [7, 11) is 0. The highest BCUT2D eigenvalue weighted by Gasteiger charge is 2.38. The van der Waals surface area contributed by atoms with Gasteiger partial charge in [0, 0.05) is 10.7 Å². The lowest BCUT2D eigenvalue weighted by atomic mass is 10.0. The van der Waals surface area contributed by atoms with Gasteiger partial charge in [0.15, 0.2) is 0 Å². The number of nitrogens with zero attached hydrogens (tertiary/aromatic N) is 2. The minimum atomic E-state index is -0.401. The Morgan fingerprint density at radius 2 is 1.96 bits per heavy atom. The molecule has 0 spiro atoms. The Bertz CT molecular complexity index is 1080. The van der Waals surface area contributed by atoms with Crippen molar-refractivity contribution in [3.63, 3.8) is 0 Å². The Labute approximate surface area is 176 Å². The van der Waals surface area contributed by atoms with E-state index >= 15 is 0 Å². The van der Waals surface area contributed by atoms with E-state index in [-0.39, 0.29) is 11.3 Å². The number of hydrogen-bond acceptors (Lipinski definition) is 5. The van der Waals surface area contributed by atoms with Gasteiger partial charge < -0.3 is 10.4 Å². The van der Waals surface area contributed by atoms with Gasteiger partial charge >= 0.3 is 11.3 Å². The molecule has 4 rings (SSSR count). The number of para-hydroxylation sites is 1. The van der Waals surface area contributed by atoms with Crippen molar-refractivity contribution in [2.45, 2.75) is 18.2 Å². The number of hydrogen-bond donors (Lipinski definition) is 3. The molecule has 0 radical (unpaired) electrons. The van der Waals surface area contributed by atoms with Crippen molar-refractivity contribution in [1.82, 2.24) is 10.1 Å². The first-order chi connectivity index (χ1) is 13.0. The summed E-state index contributed by atoms with van der Waals surface area (Å²) in [6.07, 6.45) is -0.401. The molecule has 3 N–H and O–H groups in total. The second kappa shape index (κ2) is 7.29. The Hall–Kier alpha value is -1.84. The average molecular weight is 511 g/mol. The highest BCUT2D eigenvalue weighted by molar-refractivity contribution is 9.11. The van der Waals surface area contributed by atoms with Gasteiger partial charge in [-0.2, -0.15) is 0 Å². The van der Waals surface area contributed by atoms with E-state index in [1.54, 1.807) is 4.68 Å². The molecule has 1 aliphatic heterocycles. The fraction of sp³-hybridized carbons (Fsp3) is 0.167. The highest BCUT2D eigenvalue weighted by atomic mass is 79.9. The normalized spacial score (nSPS) is 15.0. The summed E-state index contributed by atoms with van der Waals surface area (Å²) < 4.78 is 2.83. The molecule has 6 nitrogen and oxygen atoms in total. The number of fused-ring (bicyclic) bond motifs is 3. The molecule has 138 valence electrons. The number of phenols is 1. The van der Waals surface area contributed by atoms with Crippen LogP contribution in [0.25, 0.3) is 11.3 Å². The van der Waals surface area contributed by atoms with Gasteiger partial charge in [-0.3, -0.25) is 9.78 Å². The van der Waals surface area contributed by atoms with E-state index < -0.39 is 6.17 Å². The largest absolute Gasteiger partial charge is 0.506 e. The van der Waals surface area contributed by atoms with Gasteiger partial charge in [-0.15, -0.1) is 0 Å². The number of aromatic hydroxyl groups is 1. The van der Waals surface area contributed by atoms with Crippen molar-refractivity contribution < 1.29 is 9.79 Å². The smallest absolute Gasteiger partial charge is 0.325 e. The van der Waals surface area contributed by atoms with Crippen LogP contribution in [-0.2, 0) is 0 Å². The summed E-state index contributed by atoms with van der Waals surface area (Å²) in [4.78, 5) is 15.7. The number of nitrogens with one attached hydrogen (secondary N) is 2. The number of rotatable bonds is 3. The topological polar surface area (TPSA) is 81.9 Å². The van der Waals surface area contributed by atoms with Crippen LogP contribution in [0.5, 0.6) is 5.75 Å². The highest BCUT2D eigenvalue weighted by Crippen LogP contribution is 2.37. The fourth-order valence-corrected chi connectivity index (χ4v) is 4.86. The van der Waals surface area contributed by atoms with Crippen molar-refractivity contribution in [3.05, 3.63) is 61.3 Å². The summed E-state index contributed by atoms with van der Waals surface area (Å²) in [5.41, 5.74) is 2.81. The summed E-state index contributed by atoms with van der Waals surface area (Å²) in [6.45, 7) is 2.01. The maximum atomic E-state index is 12.9.